The van der Waals surface area contributed by atoms with Crippen molar-refractivity contribution in [2.45, 2.75) is 18.0 Å². The van der Waals surface area contributed by atoms with Crippen molar-refractivity contribution < 1.29 is 32.7 Å². The second kappa shape index (κ2) is 10.8. The van der Waals surface area contributed by atoms with Gasteiger partial charge in [-0.2, -0.15) is 0 Å². The maximum atomic E-state index is 13.1. The van der Waals surface area contributed by atoms with Crippen molar-refractivity contribution in [3.63, 3.8) is 0 Å². The minimum atomic E-state index is -3.62. The van der Waals surface area contributed by atoms with Crippen molar-refractivity contribution in [1.82, 2.24) is 14.9 Å². The Morgan fingerprint density at radius 2 is 1.91 bits per heavy atom. The molecule has 0 saturated carbocycles. The number of hydrogen-bond donors (Lipinski definition) is 1. The molecule has 2 aliphatic heterocycles. The maximum Gasteiger partial charge on any atom is 0.405 e. The highest BCUT2D eigenvalue weighted by Crippen LogP contribution is 2.48. The van der Waals surface area contributed by atoms with Gasteiger partial charge in [-0.3, -0.25) is 9.69 Å². The van der Waals surface area contributed by atoms with Gasteiger partial charge < -0.3 is 23.4 Å². The molecule has 0 spiro atoms. The number of esters is 1. The van der Waals surface area contributed by atoms with Crippen molar-refractivity contribution in [2.75, 3.05) is 41.2 Å². The Kier molecular flexibility index (Phi) is 8.25. The van der Waals surface area contributed by atoms with E-state index in [9.17, 15) is 14.2 Å². The van der Waals surface area contributed by atoms with Gasteiger partial charge in [0.1, 0.15) is 29.5 Å². The molecule has 2 atom stereocenters. The molecular formula is C21H28N3O7PS. The van der Waals surface area contributed by atoms with Gasteiger partial charge in [-0.15, -0.1) is 11.8 Å². The number of rotatable bonds is 10. The Morgan fingerprint density at radius 3 is 2.48 bits per heavy atom. The molecular weight excluding hydrogens is 469 g/mol. The second-order valence-corrected chi connectivity index (χ2v) is 10.5. The molecule has 3 rings (SSSR count). The largest absolute Gasteiger partial charge is 0.497 e. The van der Waals surface area contributed by atoms with Gasteiger partial charge in [0.05, 0.1) is 7.11 Å². The number of β-lactam (4-membered cyclic amide) rings is 1. The van der Waals surface area contributed by atoms with E-state index in [-0.39, 0.29) is 12.3 Å². The number of benzene rings is 1. The molecule has 1 amide bonds. The number of carbonyl (C=O) groups is 2. The zero-order valence-corrected chi connectivity index (χ0v) is 20.9. The molecule has 33 heavy (non-hydrogen) atoms. The monoisotopic (exact) mass is 497 g/mol. The van der Waals surface area contributed by atoms with Crippen molar-refractivity contribution in [3.8, 4) is 5.75 Å². The summed E-state index contributed by atoms with van der Waals surface area (Å²) < 4.78 is 33.0. The van der Waals surface area contributed by atoms with Crippen LogP contribution < -0.4 is 9.82 Å². The summed E-state index contributed by atoms with van der Waals surface area (Å²) in [5.41, 5.74) is 1.63. The van der Waals surface area contributed by atoms with Crippen LogP contribution in [0, 0.1) is 0 Å². The van der Waals surface area contributed by atoms with Gasteiger partial charge in [0.25, 0.3) is 0 Å². The molecule has 1 fully saturated rings. The summed E-state index contributed by atoms with van der Waals surface area (Å²) >= 11 is 1.45. The van der Waals surface area contributed by atoms with Crippen molar-refractivity contribution >= 4 is 31.4 Å². The van der Waals surface area contributed by atoms with Crippen LogP contribution in [0.4, 0.5) is 0 Å². The summed E-state index contributed by atoms with van der Waals surface area (Å²) in [6.45, 7) is 0.0427. The molecule has 1 aromatic carbocycles. The van der Waals surface area contributed by atoms with Crippen LogP contribution in [0.2, 0.25) is 0 Å². The molecule has 180 valence electrons. The Labute approximate surface area is 197 Å². The fourth-order valence-corrected chi connectivity index (χ4v) is 5.65. The third-order valence-electron chi connectivity index (χ3n) is 5.07. The fourth-order valence-electron chi connectivity index (χ4n) is 3.27. The number of nitrogens with one attached hydrogen (secondary N) is 1. The van der Waals surface area contributed by atoms with Gasteiger partial charge in [0, 0.05) is 34.1 Å². The fraction of sp³-hybridized carbons (Fsp3) is 0.429. The third-order valence-corrected chi connectivity index (χ3v) is 7.93. The molecule has 2 aliphatic rings. The SMILES string of the molecule is COc1ccc(COC(=O)C2=C(C=CN(C)C)CSC3C(NP(=O)(OC)OC)C(=O)N23)cc1. The van der Waals surface area contributed by atoms with Gasteiger partial charge in [-0.1, -0.05) is 12.1 Å². The Hall–Kier alpha value is -2.30. The molecule has 12 heteroatoms. The molecule has 0 aliphatic carbocycles. The lowest BCUT2D eigenvalue weighted by molar-refractivity contribution is -0.152. The summed E-state index contributed by atoms with van der Waals surface area (Å²) in [6.07, 6.45) is 3.59. The number of amides is 1. The van der Waals surface area contributed by atoms with E-state index >= 15 is 0 Å². The zero-order chi connectivity index (χ0) is 24.2. The summed E-state index contributed by atoms with van der Waals surface area (Å²) in [7, 11) is 4.14. The third kappa shape index (κ3) is 5.62. The Balaban J connectivity index is 1.81. The van der Waals surface area contributed by atoms with Crippen LogP contribution in [0.5, 0.6) is 5.75 Å². The normalized spacial score (nSPS) is 20.5. The van der Waals surface area contributed by atoms with E-state index in [2.05, 4.69) is 5.09 Å². The number of methoxy groups -OCH3 is 1. The van der Waals surface area contributed by atoms with Gasteiger partial charge in [-0.25, -0.2) is 14.4 Å². The number of hydrogen-bond acceptors (Lipinski definition) is 9. The first-order valence-electron chi connectivity index (χ1n) is 10.0. The van der Waals surface area contributed by atoms with E-state index in [1.54, 1.807) is 43.7 Å². The number of thioether (sulfide) groups is 1. The van der Waals surface area contributed by atoms with Crippen molar-refractivity contribution in [1.29, 1.82) is 0 Å². The first-order valence-corrected chi connectivity index (χ1v) is 12.6. The smallest absolute Gasteiger partial charge is 0.405 e. The highest BCUT2D eigenvalue weighted by atomic mass is 32.2. The topological polar surface area (TPSA) is 107 Å². The lowest BCUT2D eigenvalue weighted by Crippen LogP contribution is -2.69. The Bertz CT molecular complexity index is 988. The number of fused-ring (bicyclic) bond motifs is 1. The molecule has 1 N–H and O–H groups in total. The van der Waals surface area contributed by atoms with E-state index in [1.165, 1.54) is 30.9 Å². The molecule has 0 aromatic heterocycles. The molecule has 1 saturated heterocycles. The zero-order valence-electron chi connectivity index (χ0n) is 19.1. The van der Waals surface area contributed by atoms with E-state index in [4.69, 9.17) is 18.5 Å². The number of nitrogens with zero attached hydrogens (tertiary/aromatic N) is 2. The molecule has 0 bridgehead atoms. The van der Waals surface area contributed by atoms with Gasteiger partial charge in [0.15, 0.2) is 0 Å². The minimum absolute atomic E-state index is 0.0427. The lowest BCUT2D eigenvalue weighted by Gasteiger charge is -2.49. The van der Waals surface area contributed by atoms with Crippen LogP contribution in [0.25, 0.3) is 0 Å². The van der Waals surface area contributed by atoms with E-state index in [0.717, 1.165) is 5.56 Å². The number of carbonyl (C=O) groups excluding carboxylic acids is 2. The number of ether oxygens (including phenoxy) is 2. The molecule has 1 aromatic rings. The van der Waals surface area contributed by atoms with Crippen LogP contribution in [0.3, 0.4) is 0 Å². The maximum absolute atomic E-state index is 13.1. The van der Waals surface area contributed by atoms with Gasteiger partial charge in [-0.05, 0) is 35.5 Å². The van der Waals surface area contributed by atoms with E-state index in [0.29, 0.717) is 17.1 Å². The Morgan fingerprint density at radius 1 is 1.24 bits per heavy atom. The summed E-state index contributed by atoms with van der Waals surface area (Å²) in [4.78, 5) is 29.3. The van der Waals surface area contributed by atoms with Crippen LogP contribution in [-0.4, -0.2) is 74.3 Å². The van der Waals surface area contributed by atoms with Crippen LogP contribution in [-0.2, 0) is 34.5 Å². The second-order valence-electron chi connectivity index (χ2n) is 7.46. The quantitative estimate of drug-likeness (QED) is 0.294. The molecule has 2 heterocycles. The molecule has 2 unspecified atom stereocenters. The highest BCUT2D eigenvalue weighted by Gasteiger charge is 2.55. The van der Waals surface area contributed by atoms with E-state index in [1.807, 2.05) is 19.0 Å². The van der Waals surface area contributed by atoms with Crippen LogP contribution in [0.15, 0.2) is 47.8 Å². The van der Waals surface area contributed by atoms with Gasteiger partial charge >= 0.3 is 13.7 Å². The number of allylic oxidation sites excluding steroid dienone is 1. The first kappa shape index (κ1) is 25.3. The van der Waals surface area contributed by atoms with E-state index < -0.39 is 31.0 Å². The average molecular weight is 498 g/mol. The van der Waals surface area contributed by atoms with Crippen LogP contribution >= 0.6 is 19.5 Å². The predicted molar refractivity (Wildman–Crippen MR) is 124 cm³/mol. The summed E-state index contributed by atoms with van der Waals surface area (Å²) in [5, 5.41) is 2.21. The lowest BCUT2D eigenvalue weighted by atomic mass is 10.0. The molecule has 0 radical (unpaired) electrons. The highest BCUT2D eigenvalue weighted by molar-refractivity contribution is 8.00. The first-order chi connectivity index (χ1) is 15.7. The summed E-state index contributed by atoms with van der Waals surface area (Å²) in [5.74, 6) is 0.149. The predicted octanol–water partition coefficient (Wildman–Crippen LogP) is 2.34. The summed E-state index contributed by atoms with van der Waals surface area (Å²) in [6, 6.07) is 6.34. The van der Waals surface area contributed by atoms with Gasteiger partial charge in [0.2, 0.25) is 5.91 Å². The van der Waals surface area contributed by atoms with Crippen LogP contribution in [0.1, 0.15) is 5.56 Å². The standard InChI is InChI=1S/C21H28N3O7PS/c1-23(2)11-10-15-13-33-20-17(22-32(27,29-4)30-5)19(25)24(20)18(15)21(26)31-12-14-6-8-16(28-3)9-7-14/h6-11,17,20H,12-13H2,1-5H3,(H,22,27). The van der Waals surface area contributed by atoms with Crippen molar-refractivity contribution in [2.24, 2.45) is 0 Å². The van der Waals surface area contributed by atoms with Crippen molar-refractivity contribution in [3.05, 3.63) is 53.4 Å². The minimum Gasteiger partial charge on any atom is -0.497 e. The average Bonchev–Trinajstić information content (AvgIpc) is 2.83. The molecule has 10 nitrogen and oxygen atoms in total.